The average molecular weight is 1070 g/mol. The van der Waals surface area contributed by atoms with E-state index < -0.39 is 16.2 Å². The lowest BCUT2D eigenvalue weighted by atomic mass is 9.87. The number of aryl methyl sites for hydroxylation is 2. The summed E-state index contributed by atoms with van der Waals surface area (Å²) in [4.78, 5) is 0. The molecule has 2 aromatic carbocycles. The van der Waals surface area contributed by atoms with Gasteiger partial charge < -0.3 is 9.47 Å². The summed E-state index contributed by atoms with van der Waals surface area (Å²) in [5.74, 6) is 1.67. The van der Waals surface area contributed by atoms with Crippen LogP contribution in [0.3, 0.4) is 0 Å². The van der Waals surface area contributed by atoms with E-state index >= 15 is 0 Å². The number of hydrogen-bond donors (Lipinski definition) is 1. The highest BCUT2D eigenvalue weighted by Gasteiger charge is 2.30. The van der Waals surface area contributed by atoms with Crippen LogP contribution in [0.1, 0.15) is 93.9 Å². The lowest BCUT2D eigenvalue weighted by molar-refractivity contribution is 0.414. The topological polar surface area (TPSA) is 154 Å². The molecule has 0 atom stereocenters. The molecule has 0 spiro atoms. The molecule has 3 aromatic heterocycles. The molecular formula is C41H51Br3IN9O2. The van der Waals surface area contributed by atoms with Crippen LogP contribution in [0.15, 0.2) is 62.3 Å². The van der Waals surface area contributed by atoms with Crippen LogP contribution < -0.4 is 9.47 Å². The molecule has 0 saturated heterocycles. The molecule has 0 saturated carbocycles. The van der Waals surface area contributed by atoms with E-state index in [1.165, 1.54) is 0 Å². The third-order valence-corrected chi connectivity index (χ3v) is 10.8. The van der Waals surface area contributed by atoms with Crippen molar-refractivity contribution in [2.75, 3.05) is 14.2 Å². The summed E-state index contributed by atoms with van der Waals surface area (Å²) in [6.07, 6.45) is 0. The third-order valence-electron chi connectivity index (χ3n) is 8.83. The summed E-state index contributed by atoms with van der Waals surface area (Å²) in [6, 6.07) is 22.7. The molecule has 0 aliphatic rings. The second kappa shape index (κ2) is 21.2. The second-order valence-corrected chi connectivity index (χ2v) is 16.5. The maximum atomic E-state index is 9.33. The molecule has 0 aliphatic carbocycles. The van der Waals surface area contributed by atoms with Crippen molar-refractivity contribution in [3.8, 4) is 29.7 Å². The Hall–Kier alpha value is -3.69. The first-order chi connectivity index (χ1) is 25.3. The molecule has 300 valence electrons. The van der Waals surface area contributed by atoms with Crippen LogP contribution in [0.25, 0.3) is 0 Å². The van der Waals surface area contributed by atoms with Gasteiger partial charge in [0.15, 0.2) is 0 Å². The largest absolute Gasteiger partial charge is 0.497 e. The number of methoxy groups -OCH3 is 2. The fourth-order valence-electron chi connectivity index (χ4n) is 5.84. The Bertz CT molecular complexity index is 2040. The number of benzene rings is 2. The molecule has 0 fully saturated rings. The highest BCUT2D eigenvalue weighted by molar-refractivity contribution is 14.0. The van der Waals surface area contributed by atoms with E-state index in [0.717, 1.165) is 70.2 Å². The molecule has 3 heterocycles. The molecule has 0 radical (unpaired) electrons. The second-order valence-electron chi connectivity index (χ2n) is 14.2. The van der Waals surface area contributed by atoms with E-state index in [9.17, 15) is 10.5 Å². The minimum atomic E-state index is -0.568. The van der Waals surface area contributed by atoms with Crippen LogP contribution >= 0.6 is 71.8 Å². The van der Waals surface area contributed by atoms with Gasteiger partial charge in [0.2, 0.25) is 0 Å². The highest BCUT2D eigenvalue weighted by Crippen LogP contribution is 2.34. The van der Waals surface area contributed by atoms with Crippen LogP contribution in [0.5, 0.6) is 11.5 Å². The molecular weight excluding hydrogens is 1020 g/mol. The standard InChI is InChI=1S/2C16H18BrN3O.C8H10BrN3.CH4.HI/c1-11-14(16(2,3)10-18)15(17)19-20(11)9-12-5-7-13(21-4)8-6-12;1-11-14(16(2,3)10-18)15(17)20(19-11)9-12-5-7-13(21-4)8-6-12;1-5-6(7(9)12-11-5)8(2,3)4-10;;/h2*5-8H,9H2,1-4H3;1-3H3,(H,11,12);1H4;1H. The van der Waals surface area contributed by atoms with Crippen molar-refractivity contribution in [1.82, 2.24) is 29.8 Å². The molecule has 56 heavy (non-hydrogen) atoms. The van der Waals surface area contributed by atoms with E-state index in [1.807, 2.05) is 120 Å². The molecule has 5 aromatic rings. The van der Waals surface area contributed by atoms with Crippen molar-refractivity contribution >= 4 is 71.8 Å². The fraction of sp³-hybridized carbons (Fsp3) is 0.415. The molecule has 11 nitrogen and oxygen atoms in total. The van der Waals surface area contributed by atoms with Gasteiger partial charge in [-0.15, -0.1) is 24.0 Å². The van der Waals surface area contributed by atoms with Crippen LogP contribution in [0.2, 0.25) is 0 Å². The Balaban J connectivity index is 0.000000428. The zero-order valence-corrected chi connectivity index (χ0v) is 40.1. The van der Waals surface area contributed by atoms with E-state index in [-0.39, 0.29) is 31.4 Å². The molecule has 5 rings (SSSR count). The summed E-state index contributed by atoms with van der Waals surface area (Å²) in [6.45, 7) is 18.5. The lowest BCUT2D eigenvalue weighted by Crippen LogP contribution is -2.16. The summed E-state index contributed by atoms with van der Waals surface area (Å²) >= 11 is 10.4. The third kappa shape index (κ3) is 12.2. The maximum absolute atomic E-state index is 9.33. The van der Waals surface area contributed by atoms with E-state index in [0.29, 0.717) is 13.1 Å². The molecule has 1 N–H and O–H groups in total. The first-order valence-corrected chi connectivity index (χ1v) is 19.3. The zero-order chi connectivity index (χ0) is 40.6. The first kappa shape index (κ1) is 50.3. The van der Waals surface area contributed by atoms with Crippen molar-refractivity contribution in [3.63, 3.8) is 0 Å². The quantitative estimate of drug-likeness (QED) is 0.143. The zero-order valence-electron chi connectivity index (χ0n) is 33.0. The SMILES string of the molecule is C.COc1ccc(Cn2nc(Br)c(C(C)(C)C#N)c2C)cc1.COc1ccc(Cn2nc(C)c(C(C)(C)C#N)c2Br)cc1.Cc1[nH]nc(Br)c1C(C)(C)C#N.I. The van der Waals surface area contributed by atoms with Crippen molar-refractivity contribution in [2.24, 2.45) is 0 Å². The first-order valence-electron chi connectivity index (χ1n) is 16.9. The molecule has 15 heteroatoms. The predicted octanol–water partition coefficient (Wildman–Crippen LogP) is 11.2. The van der Waals surface area contributed by atoms with Crippen LogP contribution in [0.4, 0.5) is 0 Å². The number of H-pyrrole nitrogens is 1. The Labute approximate surface area is 374 Å². The van der Waals surface area contributed by atoms with Gasteiger partial charge in [0, 0.05) is 28.1 Å². The van der Waals surface area contributed by atoms with E-state index in [2.05, 4.69) is 86.4 Å². The number of hydrogen-bond acceptors (Lipinski definition) is 8. The lowest BCUT2D eigenvalue weighted by Gasteiger charge is -2.15. The van der Waals surface area contributed by atoms with Gasteiger partial charge in [-0.2, -0.15) is 31.1 Å². The summed E-state index contributed by atoms with van der Waals surface area (Å²) in [7, 11) is 3.30. The minimum absolute atomic E-state index is 0. The van der Waals surface area contributed by atoms with E-state index in [1.54, 1.807) is 14.2 Å². The van der Waals surface area contributed by atoms with Gasteiger partial charge in [0.1, 0.15) is 25.3 Å². The van der Waals surface area contributed by atoms with Gasteiger partial charge in [-0.25, -0.2) is 0 Å². The number of halogens is 4. The van der Waals surface area contributed by atoms with Crippen molar-refractivity contribution < 1.29 is 9.47 Å². The average Bonchev–Trinajstić information content (AvgIpc) is 3.75. The number of aromatic nitrogens is 6. The Morgan fingerprint density at radius 1 is 0.643 bits per heavy atom. The summed E-state index contributed by atoms with van der Waals surface area (Å²) in [5, 5.41) is 43.4. The maximum Gasteiger partial charge on any atom is 0.133 e. The molecule has 0 unspecified atom stereocenters. The fourth-order valence-corrected chi connectivity index (χ4v) is 8.69. The van der Waals surface area contributed by atoms with Crippen LogP contribution in [0, 0.1) is 54.8 Å². The number of nitriles is 3. The van der Waals surface area contributed by atoms with Gasteiger partial charge in [-0.1, -0.05) is 31.7 Å². The monoisotopic (exact) mass is 1070 g/mol. The summed E-state index contributed by atoms with van der Waals surface area (Å²) < 4.78 is 16.4. The van der Waals surface area contributed by atoms with Gasteiger partial charge in [-0.05, 0) is 145 Å². The minimum Gasteiger partial charge on any atom is -0.497 e. The highest BCUT2D eigenvalue weighted by atomic mass is 127. The van der Waals surface area contributed by atoms with Crippen molar-refractivity contribution in [1.29, 1.82) is 15.8 Å². The predicted molar refractivity (Wildman–Crippen MR) is 243 cm³/mol. The smallest absolute Gasteiger partial charge is 0.133 e. The van der Waals surface area contributed by atoms with Gasteiger partial charge >= 0.3 is 0 Å². The van der Waals surface area contributed by atoms with Gasteiger partial charge in [0.05, 0.1) is 67.5 Å². The van der Waals surface area contributed by atoms with Crippen LogP contribution in [-0.4, -0.2) is 44.0 Å². The Morgan fingerprint density at radius 3 is 1.45 bits per heavy atom. The molecule has 0 bridgehead atoms. The van der Waals surface area contributed by atoms with Crippen molar-refractivity contribution in [2.45, 2.75) is 99.1 Å². The number of aromatic amines is 1. The molecule has 0 amide bonds. The Morgan fingerprint density at radius 2 is 1.05 bits per heavy atom. The summed E-state index contributed by atoms with van der Waals surface area (Å²) in [5.41, 5.74) is 6.27. The van der Waals surface area contributed by atoms with Gasteiger partial charge in [-0.3, -0.25) is 14.5 Å². The molecule has 0 aliphatic heterocycles. The van der Waals surface area contributed by atoms with E-state index in [4.69, 9.17) is 14.7 Å². The van der Waals surface area contributed by atoms with Crippen LogP contribution in [-0.2, 0) is 29.3 Å². The Kier molecular flexibility index (Phi) is 19.0. The van der Waals surface area contributed by atoms with Gasteiger partial charge in [0.25, 0.3) is 0 Å². The number of ether oxygens (including phenoxy) is 2. The normalized spacial score (nSPS) is 10.8. The number of rotatable bonds is 9. The number of nitrogens with one attached hydrogen (secondary N) is 1. The van der Waals surface area contributed by atoms with Crippen molar-refractivity contribution in [3.05, 3.63) is 107 Å². The number of nitrogens with zero attached hydrogens (tertiary/aromatic N) is 8.